The van der Waals surface area contributed by atoms with Gasteiger partial charge in [0.05, 0.1) is 13.0 Å². The van der Waals surface area contributed by atoms with Crippen LogP contribution in [0.5, 0.6) is 11.5 Å². The monoisotopic (exact) mass is 354 g/mol. The number of carbonyl (C=O) groups is 2. The Labute approximate surface area is 152 Å². The predicted molar refractivity (Wildman–Crippen MR) is 98.3 cm³/mol. The van der Waals surface area contributed by atoms with Crippen molar-refractivity contribution in [1.82, 2.24) is 5.32 Å². The van der Waals surface area contributed by atoms with Crippen LogP contribution in [-0.4, -0.2) is 37.1 Å². The van der Waals surface area contributed by atoms with Gasteiger partial charge < -0.3 is 20.1 Å². The van der Waals surface area contributed by atoms with E-state index in [0.29, 0.717) is 19.5 Å². The summed E-state index contributed by atoms with van der Waals surface area (Å²) in [6.45, 7) is 0.882. The zero-order valence-corrected chi connectivity index (χ0v) is 14.6. The summed E-state index contributed by atoms with van der Waals surface area (Å²) in [6.07, 6.45) is 0.895. The quantitative estimate of drug-likeness (QED) is 0.833. The predicted octanol–water partition coefficient (Wildman–Crippen LogP) is 2.11. The molecule has 0 spiro atoms. The van der Waals surface area contributed by atoms with E-state index in [1.54, 1.807) is 36.3 Å². The Morgan fingerprint density at radius 3 is 2.54 bits per heavy atom. The molecule has 1 fully saturated rings. The van der Waals surface area contributed by atoms with Crippen LogP contribution < -0.4 is 15.0 Å². The topological polar surface area (TPSA) is 78.9 Å². The molecule has 0 radical (unpaired) electrons. The van der Waals surface area contributed by atoms with Crippen LogP contribution in [0.25, 0.3) is 0 Å². The Bertz CT molecular complexity index is 771. The van der Waals surface area contributed by atoms with Crippen molar-refractivity contribution in [2.75, 3.05) is 25.1 Å². The van der Waals surface area contributed by atoms with E-state index < -0.39 is 0 Å². The number of hydrogen-bond donors (Lipinski definition) is 2. The SMILES string of the molecule is COc1ccc(N2CC(C(=O)NCCc3ccc(O)cc3)CC2=O)cc1. The molecule has 2 amide bonds. The maximum absolute atomic E-state index is 12.4. The highest BCUT2D eigenvalue weighted by Gasteiger charge is 2.34. The summed E-state index contributed by atoms with van der Waals surface area (Å²) >= 11 is 0. The number of phenolic OH excluding ortho intramolecular Hbond substituents is 1. The van der Waals surface area contributed by atoms with E-state index in [0.717, 1.165) is 17.0 Å². The van der Waals surface area contributed by atoms with Gasteiger partial charge in [0.2, 0.25) is 11.8 Å². The Balaban J connectivity index is 1.52. The zero-order valence-electron chi connectivity index (χ0n) is 14.6. The lowest BCUT2D eigenvalue weighted by atomic mass is 10.1. The van der Waals surface area contributed by atoms with Crippen molar-refractivity contribution in [2.24, 2.45) is 5.92 Å². The van der Waals surface area contributed by atoms with Crippen molar-refractivity contribution < 1.29 is 19.4 Å². The third-order valence-corrected chi connectivity index (χ3v) is 4.53. The molecule has 2 aromatic rings. The Morgan fingerprint density at radius 2 is 1.88 bits per heavy atom. The molecule has 1 atom stereocenters. The summed E-state index contributed by atoms with van der Waals surface area (Å²) in [4.78, 5) is 26.3. The maximum atomic E-state index is 12.4. The van der Waals surface area contributed by atoms with Gasteiger partial charge in [-0.1, -0.05) is 12.1 Å². The van der Waals surface area contributed by atoms with Gasteiger partial charge in [-0.2, -0.15) is 0 Å². The lowest BCUT2D eigenvalue weighted by molar-refractivity contribution is -0.126. The summed E-state index contributed by atoms with van der Waals surface area (Å²) in [5.41, 5.74) is 1.81. The molecule has 2 aromatic carbocycles. The molecular formula is C20H22N2O4. The number of amides is 2. The molecule has 0 aliphatic carbocycles. The van der Waals surface area contributed by atoms with Crippen molar-refractivity contribution in [2.45, 2.75) is 12.8 Å². The minimum Gasteiger partial charge on any atom is -0.508 e. The first-order valence-corrected chi connectivity index (χ1v) is 8.57. The molecule has 2 N–H and O–H groups in total. The van der Waals surface area contributed by atoms with E-state index in [9.17, 15) is 14.7 Å². The second kappa shape index (κ2) is 7.91. The van der Waals surface area contributed by atoms with E-state index in [1.807, 2.05) is 24.3 Å². The second-order valence-corrected chi connectivity index (χ2v) is 6.31. The van der Waals surface area contributed by atoms with Crippen molar-refractivity contribution in [3.8, 4) is 11.5 Å². The van der Waals surface area contributed by atoms with Crippen LogP contribution in [0.15, 0.2) is 48.5 Å². The Hall–Kier alpha value is -3.02. The van der Waals surface area contributed by atoms with Crippen molar-refractivity contribution in [3.05, 3.63) is 54.1 Å². The standard InChI is InChI=1S/C20H22N2O4/c1-26-18-8-4-16(5-9-18)22-13-15(12-19(22)24)20(25)21-11-10-14-2-6-17(23)7-3-14/h2-9,15,23H,10-13H2,1H3,(H,21,25). The third kappa shape index (κ3) is 4.14. The molecule has 136 valence electrons. The van der Waals surface area contributed by atoms with E-state index in [2.05, 4.69) is 5.32 Å². The number of carbonyl (C=O) groups excluding carboxylic acids is 2. The summed E-state index contributed by atoms with van der Waals surface area (Å²) in [7, 11) is 1.59. The van der Waals surface area contributed by atoms with Crippen LogP contribution in [0.3, 0.4) is 0 Å². The number of anilines is 1. The molecule has 6 heteroatoms. The molecule has 1 aliphatic heterocycles. The van der Waals surface area contributed by atoms with Gasteiger partial charge >= 0.3 is 0 Å². The molecule has 1 saturated heterocycles. The molecule has 1 unspecified atom stereocenters. The number of benzene rings is 2. The number of phenols is 1. The molecular weight excluding hydrogens is 332 g/mol. The average molecular weight is 354 g/mol. The normalized spacial score (nSPS) is 16.6. The van der Waals surface area contributed by atoms with Gasteiger partial charge in [0.15, 0.2) is 0 Å². The third-order valence-electron chi connectivity index (χ3n) is 4.53. The van der Waals surface area contributed by atoms with Gasteiger partial charge in [0.25, 0.3) is 0 Å². The molecule has 1 heterocycles. The second-order valence-electron chi connectivity index (χ2n) is 6.31. The van der Waals surface area contributed by atoms with Crippen molar-refractivity contribution >= 4 is 17.5 Å². The van der Waals surface area contributed by atoms with E-state index in [1.165, 1.54) is 0 Å². The van der Waals surface area contributed by atoms with Gasteiger partial charge in [0, 0.05) is 25.2 Å². The number of ether oxygens (including phenoxy) is 1. The Morgan fingerprint density at radius 1 is 1.19 bits per heavy atom. The average Bonchev–Trinajstić information content (AvgIpc) is 3.05. The number of aromatic hydroxyl groups is 1. The summed E-state index contributed by atoms with van der Waals surface area (Å²) in [6, 6.07) is 14.1. The molecule has 0 aromatic heterocycles. The highest BCUT2D eigenvalue weighted by molar-refractivity contribution is 6.00. The summed E-state index contributed by atoms with van der Waals surface area (Å²) in [5, 5.41) is 12.2. The van der Waals surface area contributed by atoms with Gasteiger partial charge in [-0.05, 0) is 48.4 Å². The minimum atomic E-state index is -0.343. The van der Waals surface area contributed by atoms with Crippen LogP contribution in [0.2, 0.25) is 0 Å². The first-order valence-electron chi connectivity index (χ1n) is 8.57. The largest absolute Gasteiger partial charge is 0.508 e. The van der Waals surface area contributed by atoms with E-state index in [-0.39, 0.29) is 29.9 Å². The smallest absolute Gasteiger partial charge is 0.227 e. The number of hydrogen-bond acceptors (Lipinski definition) is 4. The number of nitrogens with one attached hydrogen (secondary N) is 1. The fourth-order valence-corrected chi connectivity index (χ4v) is 3.03. The molecule has 0 saturated carbocycles. The van der Waals surface area contributed by atoms with Crippen LogP contribution in [0.4, 0.5) is 5.69 Å². The molecule has 1 aliphatic rings. The summed E-state index contributed by atoms with van der Waals surface area (Å²) in [5.74, 6) is 0.455. The van der Waals surface area contributed by atoms with Gasteiger partial charge in [-0.3, -0.25) is 9.59 Å². The fourth-order valence-electron chi connectivity index (χ4n) is 3.03. The first-order chi connectivity index (χ1) is 12.6. The highest BCUT2D eigenvalue weighted by atomic mass is 16.5. The van der Waals surface area contributed by atoms with Crippen LogP contribution in [-0.2, 0) is 16.0 Å². The Kier molecular flexibility index (Phi) is 5.41. The van der Waals surface area contributed by atoms with E-state index >= 15 is 0 Å². The lowest BCUT2D eigenvalue weighted by Crippen LogP contribution is -2.34. The van der Waals surface area contributed by atoms with Crippen molar-refractivity contribution in [1.29, 1.82) is 0 Å². The lowest BCUT2D eigenvalue weighted by Gasteiger charge is -2.17. The van der Waals surface area contributed by atoms with Crippen LogP contribution in [0, 0.1) is 5.92 Å². The summed E-state index contributed by atoms with van der Waals surface area (Å²) < 4.78 is 5.12. The molecule has 0 bridgehead atoms. The van der Waals surface area contributed by atoms with Crippen molar-refractivity contribution in [3.63, 3.8) is 0 Å². The number of nitrogens with zero attached hydrogens (tertiary/aromatic N) is 1. The number of rotatable bonds is 6. The van der Waals surface area contributed by atoms with Crippen LogP contribution in [0.1, 0.15) is 12.0 Å². The van der Waals surface area contributed by atoms with Gasteiger partial charge in [-0.25, -0.2) is 0 Å². The zero-order chi connectivity index (χ0) is 18.5. The highest BCUT2D eigenvalue weighted by Crippen LogP contribution is 2.26. The molecule has 3 rings (SSSR count). The molecule has 6 nitrogen and oxygen atoms in total. The van der Waals surface area contributed by atoms with E-state index in [4.69, 9.17) is 4.74 Å². The number of methoxy groups -OCH3 is 1. The minimum absolute atomic E-state index is 0.0474. The first kappa shape index (κ1) is 17.8. The fraction of sp³-hybridized carbons (Fsp3) is 0.300. The van der Waals surface area contributed by atoms with Gasteiger partial charge in [-0.15, -0.1) is 0 Å². The van der Waals surface area contributed by atoms with Gasteiger partial charge in [0.1, 0.15) is 11.5 Å². The van der Waals surface area contributed by atoms with Crippen LogP contribution >= 0.6 is 0 Å². The maximum Gasteiger partial charge on any atom is 0.227 e. The molecule has 26 heavy (non-hydrogen) atoms.